The van der Waals surface area contributed by atoms with Crippen molar-refractivity contribution in [3.8, 4) is 11.5 Å². The molecule has 0 fully saturated rings. The van der Waals surface area contributed by atoms with Gasteiger partial charge in [0.2, 0.25) is 5.91 Å². The van der Waals surface area contributed by atoms with Gasteiger partial charge >= 0.3 is 0 Å². The third kappa shape index (κ3) is 4.22. The van der Waals surface area contributed by atoms with Crippen molar-refractivity contribution in [2.24, 2.45) is 0 Å². The van der Waals surface area contributed by atoms with Crippen LogP contribution in [0.3, 0.4) is 0 Å². The Morgan fingerprint density at radius 1 is 1.22 bits per heavy atom. The molecule has 2 aromatic rings. The van der Waals surface area contributed by atoms with Crippen LogP contribution in [0.15, 0.2) is 42.5 Å². The second kappa shape index (κ2) is 8.12. The number of phenols is 1. The van der Waals surface area contributed by atoms with E-state index in [2.05, 4.69) is 0 Å². The van der Waals surface area contributed by atoms with Crippen LogP contribution in [0.5, 0.6) is 11.5 Å². The second-order valence-corrected chi connectivity index (χ2v) is 6.57. The molecule has 0 bridgehead atoms. The lowest BCUT2D eigenvalue weighted by molar-refractivity contribution is -0.129. The third-order valence-corrected chi connectivity index (χ3v) is 4.73. The van der Waals surface area contributed by atoms with Gasteiger partial charge in [0.15, 0.2) is 0 Å². The van der Waals surface area contributed by atoms with Crippen LogP contribution < -0.4 is 4.74 Å². The van der Waals surface area contributed by atoms with Gasteiger partial charge < -0.3 is 19.6 Å². The number of hydrogen-bond acceptors (Lipinski definition) is 4. The topological polar surface area (TPSA) is 70.1 Å². The van der Waals surface area contributed by atoms with Crippen molar-refractivity contribution in [1.29, 1.82) is 0 Å². The van der Waals surface area contributed by atoms with E-state index in [9.17, 15) is 14.7 Å². The molecule has 0 atom stereocenters. The quantitative estimate of drug-likeness (QED) is 0.901. The third-order valence-electron chi connectivity index (χ3n) is 4.73. The number of hydrogen-bond donors (Lipinski definition) is 1. The Morgan fingerprint density at radius 3 is 2.70 bits per heavy atom. The number of benzene rings is 2. The number of fused-ring (bicyclic) bond motifs is 1. The summed E-state index contributed by atoms with van der Waals surface area (Å²) in [5.74, 6) is 0.521. The van der Waals surface area contributed by atoms with Gasteiger partial charge in [0.05, 0.1) is 12.1 Å². The van der Waals surface area contributed by atoms with E-state index >= 15 is 0 Å². The fraction of sp³-hybridized carbons (Fsp3) is 0.333. The molecule has 0 saturated carbocycles. The molecular formula is C21H24N2O4. The minimum absolute atomic E-state index is 0.0262. The number of phenolic OH excluding ortho intramolecular Hbond substituents is 1. The standard InChI is InChI=1S/C21H24N2O4/c1-3-22(15(2)24)13-16-8-9-20-17(12-16)14-23(10-11-27-20)21(26)18-6-4-5-7-19(18)25/h4-9,12,25H,3,10-11,13-14H2,1-2H3. The van der Waals surface area contributed by atoms with Crippen LogP contribution in [0, 0.1) is 0 Å². The lowest BCUT2D eigenvalue weighted by atomic mass is 10.1. The van der Waals surface area contributed by atoms with Gasteiger partial charge in [0.1, 0.15) is 18.1 Å². The Labute approximate surface area is 159 Å². The van der Waals surface area contributed by atoms with Gasteiger partial charge in [-0.2, -0.15) is 0 Å². The van der Waals surface area contributed by atoms with E-state index in [-0.39, 0.29) is 23.1 Å². The minimum Gasteiger partial charge on any atom is -0.507 e. The molecule has 1 heterocycles. The van der Waals surface area contributed by atoms with E-state index in [0.717, 1.165) is 16.9 Å². The zero-order chi connectivity index (χ0) is 19.4. The number of nitrogens with zero attached hydrogens (tertiary/aromatic N) is 2. The van der Waals surface area contributed by atoms with Crippen molar-refractivity contribution < 1.29 is 19.4 Å². The predicted molar refractivity (Wildman–Crippen MR) is 102 cm³/mol. The summed E-state index contributed by atoms with van der Waals surface area (Å²) in [7, 11) is 0. The maximum absolute atomic E-state index is 12.8. The van der Waals surface area contributed by atoms with Crippen LogP contribution in [-0.2, 0) is 17.9 Å². The summed E-state index contributed by atoms with van der Waals surface area (Å²) in [6, 6.07) is 12.4. The summed E-state index contributed by atoms with van der Waals surface area (Å²) >= 11 is 0. The molecule has 0 aliphatic carbocycles. The molecular weight excluding hydrogens is 344 g/mol. The fourth-order valence-corrected chi connectivity index (χ4v) is 3.21. The normalized spacial score (nSPS) is 13.3. The van der Waals surface area contributed by atoms with E-state index in [0.29, 0.717) is 32.8 Å². The van der Waals surface area contributed by atoms with E-state index < -0.39 is 0 Å². The Balaban J connectivity index is 1.83. The van der Waals surface area contributed by atoms with Crippen molar-refractivity contribution in [3.63, 3.8) is 0 Å². The molecule has 27 heavy (non-hydrogen) atoms. The highest BCUT2D eigenvalue weighted by molar-refractivity contribution is 5.96. The molecule has 2 aromatic carbocycles. The molecule has 142 valence electrons. The monoisotopic (exact) mass is 368 g/mol. The maximum Gasteiger partial charge on any atom is 0.258 e. The van der Waals surface area contributed by atoms with Gasteiger partial charge in [-0.3, -0.25) is 9.59 Å². The van der Waals surface area contributed by atoms with Crippen molar-refractivity contribution in [2.75, 3.05) is 19.7 Å². The van der Waals surface area contributed by atoms with Gasteiger partial charge in [-0.1, -0.05) is 18.2 Å². The molecule has 0 radical (unpaired) electrons. The smallest absolute Gasteiger partial charge is 0.258 e. The Morgan fingerprint density at radius 2 is 2.00 bits per heavy atom. The first-order valence-electron chi connectivity index (χ1n) is 9.07. The lowest BCUT2D eigenvalue weighted by Gasteiger charge is -2.21. The van der Waals surface area contributed by atoms with Crippen LogP contribution in [0.2, 0.25) is 0 Å². The summed E-state index contributed by atoms with van der Waals surface area (Å²) in [6.07, 6.45) is 0. The van der Waals surface area contributed by atoms with Gasteiger partial charge in [0.25, 0.3) is 5.91 Å². The number of carbonyl (C=O) groups excluding carboxylic acids is 2. The predicted octanol–water partition coefficient (Wildman–Crippen LogP) is 2.80. The number of amides is 2. The van der Waals surface area contributed by atoms with Crippen LogP contribution in [0.1, 0.15) is 35.3 Å². The summed E-state index contributed by atoms with van der Waals surface area (Å²) in [5.41, 5.74) is 2.17. The number of carbonyl (C=O) groups is 2. The van der Waals surface area contributed by atoms with Gasteiger partial charge in [-0.15, -0.1) is 0 Å². The Bertz CT molecular complexity index is 850. The SMILES string of the molecule is CCN(Cc1ccc2c(c1)CN(C(=O)c1ccccc1O)CCO2)C(C)=O. The number of aromatic hydroxyl groups is 1. The summed E-state index contributed by atoms with van der Waals surface area (Å²) in [6.45, 7) is 5.88. The first kappa shape index (κ1) is 18.8. The molecule has 2 amide bonds. The fourth-order valence-electron chi connectivity index (χ4n) is 3.21. The van der Waals surface area contributed by atoms with Gasteiger partial charge in [-0.25, -0.2) is 0 Å². The second-order valence-electron chi connectivity index (χ2n) is 6.57. The first-order valence-corrected chi connectivity index (χ1v) is 9.07. The molecule has 0 saturated heterocycles. The highest BCUT2D eigenvalue weighted by Crippen LogP contribution is 2.27. The van der Waals surface area contributed by atoms with E-state index in [1.165, 1.54) is 6.07 Å². The molecule has 0 unspecified atom stereocenters. The van der Waals surface area contributed by atoms with Crippen LogP contribution >= 0.6 is 0 Å². The Kier molecular flexibility index (Phi) is 5.64. The van der Waals surface area contributed by atoms with Crippen LogP contribution in [0.25, 0.3) is 0 Å². The van der Waals surface area contributed by atoms with Crippen molar-refractivity contribution in [1.82, 2.24) is 9.80 Å². The van der Waals surface area contributed by atoms with E-state index in [1.54, 1.807) is 34.9 Å². The van der Waals surface area contributed by atoms with Crippen molar-refractivity contribution >= 4 is 11.8 Å². The average molecular weight is 368 g/mol. The molecule has 1 aliphatic rings. The van der Waals surface area contributed by atoms with E-state index in [1.807, 2.05) is 25.1 Å². The zero-order valence-electron chi connectivity index (χ0n) is 15.6. The summed E-state index contributed by atoms with van der Waals surface area (Å²) in [5, 5.41) is 9.98. The Hall–Kier alpha value is -3.02. The molecule has 3 rings (SSSR count). The highest BCUT2D eigenvalue weighted by Gasteiger charge is 2.23. The summed E-state index contributed by atoms with van der Waals surface area (Å²) < 4.78 is 5.79. The maximum atomic E-state index is 12.8. The number of para-hydroxylation sites is 1. The molecule has 0 spiro atoms. The largest absolute Gasteiger partial charge is 0.507 e. The average Bonchev–Trinajstić information content (AvgIpc) is 2.87. The molecule has 1 N–H and O–H groups in total. The van der Waals surface area contributed by atoms with Crippen LogP contribution in [-0.4, -0.2) is 46.4 Å². The molecule has 6 nitrogen and oxygen atoms in total. The van der Waals surface area contributed by atoms with Crippen molar-refractivity contribution in [2.45, 2.75) is 26.9 Å². The number of rotatable bonds is 4. The van der Waals surface area contributed by atoms with Gasteiger partial charge in [-0.05, 0) is 36.8 Å². The minimum atomic E-state index is -0.228. The molecule has 6 heteroatoms. The first-order chi connectivity index (χ1) is 13.0. The lowest BCUT2D eigenvalue weighted by Crippen LogP contribution is -2.32. The zero-order valence-corrected chi connectivity index (χ0v) is 15.6. The summed E-state index contributed by atoms with van der Waals surface area (Å²) in [4.78, 5) is 27.9. The van der Waals surface area contributed by atoms with Crippen molar-refractivity contribution in [3.05, 3.63) is 59.2 Å². The number of ether oxygens (including phenoxy) is 1. The molecule has 1 aliphatic heterocycles. The van der Waals surface area contributed by atoms with Crippen LogP contribution in [0.4, 0.5) is 0 Å². The van der Waals surface area contributed by atoms with E-state index in [4.69, 9.17) is 4.74 Å². The highest BCUT2D eigenvalue weighted by atomic mass is 16.5. The molecule has 0 aromatic heterocycles. The van der Waals surface area contributed by atoms with Gasteiger partial charge in [0, 0.05) is 32.1 Å².